The number of hydrogen-bond donors (Lipinski definition) is 1. The van der Waals surface area contributed by atoms with Crippen LogP contribution < -0.4 is 10.1 Å². The molecule has 114 valence electrons. The molecule has 0 aliphatic heterocycles. The highest BCUT2D eigenvalue weighted by molar-refractivity contribution is 5.30. The Morgan fingerprint density at radius 3 is 2.10 bits per heavy atom. The molecule has 1 N–H and O–H groups in total. The Hall–Kier alpha value is -1.06. The first-order valence-electron chi connectivity index (χ1n) is 7.34. The first kappa shape index (κ1) is 17.0. The lowest BCUT2D eigenvalue weighted by atomic mass is 9.82. The average molecular weight is 279 g/mol. The predicted molar refractivity (Wildman–Crippen MR) is 84.3 cm³/mol. The Kier molecular flexibility index (Phi) is 6.50. The molecule has 0 fully saturated rings. The van der Waals surface area contributed by atoms with Crippen molar-refractivity contribution in [1.82, 2.24) is 5.32 Å². The van der Waals surface area contributed by atoms with E-state index >= 15 is 0 Å². The number of hydrogen-bond acceptors (Lipinski definition) is 3. The lowest BCUT2D eigenvalue weighted by molar-refractivity contribution is -0.0119. The van der Waals surface area contributed by atoms with E-state index in [0.717, 1.165) is 18.7 Å². The molecule has 0 saturated carbocycles. The predicted octanol–water partition coefficient (Wildman–Crippen LogP) is 3.80. The monoisotopic (exact) mass is 279 g/mol. The zero-order valence-electron chi connectivity index (χ0n) is 13.7. The Morgan fingerprint density at radius 2 is 1.70 bits per heavy atom. The first-order chi connectivity index (χ1) is 9.43. The molecule has 0 saturated heterocycles. The molecule has 0 spiro atoms. The zero-order chi connectivity index (χ0) is 15.2. The number of ether oxygens (including phenoxy) is 2. The maximum Gasteiger partial charge on any atom is 0.118 e. The van der Waals surface area contributed by atoms with E-state index < -0.39 is 0 Å². The smallest absolute Gasteiger partial charge is 0.118 e. The van der Waals surface area contributed by atoms with Crippen LogP contribution >= 0.6 is 0 Å². The van der Waals surface area contributed by atoms with Gasteiger partial charge in [0.25, 0.3) is 0 Å². The minimum Gasteiger partial charge on any atom is -0.497 e. The second-order valence-electron chi connectivity index (χ2n) is 6.23. The molecule has 2 unspecified atom stereocenters. The zero-order valence-corrected chi connectivity index (χ0v) is 13.7. The van der Waals surface area contributed by atoms with Crippen LogP contribution in [0.25, 0.3) is 0 Å². The van der Waals surface area contributed by atoms with E-state index in [0.29, 0.717) is 0 Å². The molecule has 1 aromatic carbocycles. The maximum atomic E-state index is 5.79. The van der Waals surface area contributed by atoms with E-state index in [4.69, 9.17) is 9.47 Å². The highest BCUT2D eigenvalue weighted by Crippen LogP contribution is 2.33. The lowest BCUT2D eigenvalue weighted by Crippen LogP contribution is -2.41. The minimum atomic E-state index is 0.0695. The number of methoxy groups -OCH3 is 2. The van der Waals surface area contributed by atoms with Crippen molar-refractivity contribution in [2.45, 2.75) is 46.3 Å². The van der Waals surface area contributed by atoms with Gasteiger partial charge < -0.3 is 14.8 Å². The van der Waals surface area contributed by atoms with Gasteiger partial charge in [0.1, 0.15) is 5.75 Å². The van der Waals surface area contributed by atoms with Crippen LogP contribution in [0.15, 0.2) is 24.3 Å². The van der Waals surface area contributed by atoms with Crippen LogP contribution in [0.5, 0.6) is 5.75 Å². The van der Waals surface area contributed by atoms with E-state index in [1.54, 1.807) is 14.2 Å². The third-order valence-corrected chi connectivity index (χ3v) is 3.50. The van der Waals surface area contributed by atoms with Crippen molar-refractivity contribution in [2.75, 3.05) is 20.8 Å². The normalized spacial score (nSPS) is 14.9. The summed E-state index contributed by atoms with van der Waals surface area (Å²) in [5, 5.41) is 3.61. The molecular formula is C17H29NO2. The number of nitrogens with one attached hydrogen (secondary N) is 1. The van der Waals surface area contributed by atoms with Crippen LogP contribution in [0.3, 0.4) is 0 Å². The second-order valence-corrected chi connectivity index (χ2v) is 6.23. The van der Waals surface area contributed by atoms with E-state index in [1.807, 2.05) is 12.1 Å². The van der Waals surface area contributed by atoms with Gasteiger partial charge in [0.15, 0.2) is 0 Å². The fourth-order valence-corrected chi connectivity index (χ4v) is 2.50. The van der Waals surface area contributed by atoms with Crippen molar-refractivity contribution >= 4 is 0 Å². The molecule has 3 nitrogen and oxygen atoms in total. The van der Waals surface area contributed by atoms with Crippen molar-refractivity contribution in [2.24, 2.45) is 5.41 Å². The van der Waals surface area contributed by atoms with Crippen LogP contribution in [0.1, 0.15) is 45.7 Å². The quantitative estimate of drug-likeness (QED) is 0.823. The number of benzene rings is 1. The van der Waals surface area contributed by atoms with Gasteiger partial charge in [-0.15, -0.1) is 0 Å². The molecule has 20 heavy (non-hydrogen) atoms. The average Bonchev–Trinajstić information content (AvgIpc) is 2.42. The van der Waals surface area contributed by atoms with Gasteiger partial charge in [-0.2, -0.15) is 0 Å². The highest BCUT2D eigenvalue weighted by atomic mass is 16.5. The van der Waals surface area contributed by atoms with Gasteiger partial charge in [-0.25, -0.2) is 0 Å². The van der Waals surface area contributed by atoms with E-state index in [-0.39, 0.29) is 17.6 Å². The van der Waals surface area contributed by atoms with Gasteiger partial charge in [-0.3, -0.25) is 0 Å². The lowest BCUT2D eigenvalue weighted by Gasteiger charge is -2.37. The second kappa shape index (κ2) is 7.65. The summed E-state index contributed by atoms with van der Waals surface area (Å²) in [6, 6.07) is 8.43. The van der Waals surface area contributed by atoms with Gasteiger partial charge in [0, 0.05) is 7.11 Å². The number of rotatable bonds is 7. The van der Waals surface area contributed by atoms with Gasteiger partial charge in [0.05, 0.1) is 19.3 Å². The van der Waals surface area contributed by atoms with Crippen molar-refractivity contribution in [3.05, 3.63) is 29.8 Å². The summed E-state index contributed by atoms with van der Waals surface area (Å²) < 4.78 is 11.0. The van der Waals surface area contributed by atoms with Crippen LogP contribution in [0.2, 0.25) is 0 Å². The van der Waals surface area contributed by atoms with Crippen molar-refractivity contribution in [3.63, 3.8) is 0 Å². The summed E-state index contributed by atoms with van der Waals surface area (Å²) in [4.78, 5) is 0. The Labute approximate surface area is 123 Å². The third kappa shape index (κ3) is 4.50. The summed E-state index contributed by atoms with van der Waals surface area (Å²) in [6.45, 7) is 9.80. The molecule has 0 amide bonds. The SMILES string of the molecule is CCCNC(c1ccc(OC)cc1)C(OC)C(C)(C)C. The molecule has 1 rings (SSSR count). The van der Waals surface area contributed by atoms with Crippen molar-refractivity contribution in [3.8, 4) is 5.75 Å². The van der Waals surface area contributed by atoms with Gasteiger partial charge in [0.2, 0.25) is 0 Å². The fourth-order valence-electron chi connectivity index (χ4n) is 2.50. The summed E-state index contributed by atoms with van der Waals surface area (Å²) in [5.41, 5.74) is 1.31. The third-order valence-electron chi connectivity index (χ3n) is 3.50. The molecule has 0 radical (unpaired) electrons. The van der Waals surface area contributed by atoms with Crippen LogP contribution in [-0.2, 0) is 4.74 Å². The fraction of sp³-hybridized carbons (Fsp3) is 0.647. The molecule has 1 aromatic rings. The van der Waals surface area contributed by atoms with Crippen LogP contribution in [0.4, 0.5) is 0 Å². The molecule has 0 aromatic heterocycles. The Morgan fingerprint density at radius 1 is 1.10 bits per heavy atom. The molecule has 2 atom stereocenters. The molecule has 0 aliphatic carbocycles. The van der Waals surface area contributed by atoms with Crippen LogP contribution in [0, 0.1) is 5.41 Å². The first-order valence-corrected chi connectivity index (χ1v) is 7.34. The van der Waals surface area contributed by atoms with E-state index in [2.05, 4.69) is 45.1 Å². The van der Waals surface area contributed by atoms with Gasteiger partial charge in [-0.05, 0) is 36.1 Å². The Bertz CT molecular complexity index is 381. The largest absolute Gasteiger partial charge is 0.497 e. The highest BCUT2D eigenvalue weighted by Gasteiger charge is 2.33. The van der Waals surface area contributed by atoms with E-state index in [1.165, 1.54) is 5.56 Å². The summed E-state index contributed by atoms with van der Waals surface area (Å²) in [5.74, 6) is 0.882. The van der Waals surface area contributed by atoms with E-state index in [9.17, 15) is 0 Å². The minimum absolute atomic E-state index is 0.0695. The van der Waals surface area contributed by atoms with Crippen molar-refractivity contribution in [1.29, 1.82) is 0 Å². The van der Waals surface area contributed by atoms with Crippen molar-refractivity contribution < 1.29 is 9.47 Å². The maximum absolute atomic E-state index is 5.79. The summed E-state index contributed by atoms with van der Waals surface area (Å²) in [6.07, 6.45) is 1.22. The topological polar surface area (TPSA) is 30.5 Å². The van der Waals surface area contributed by atoms with Gasteiger partial charge >= 0.3 is 0 Å². The standard InChI is InChI=1S/C17H29NO2/c1-7-12-18-15(16(20-6)17(2,3)4)13-8-10-14(19-5)11-9-13/h8-11,15-16,18H,7,12H2,1-6H3. The molecule has 0 aliphatic rings. The van der Waals surface area contributed by atoms with Crippen LogP contribution in [-0.4, -0.2) is 26.9 Å². The molecule has 0 heterocycles. The van der Waals surface area contributed by atoms with Gasteiger partial charge in [-0.1, -0.05) is 39.8 Å². The molecular weight excluding hydrogens is 250 g/mol. The molecule has 3 heteroatoms. The Balaban J connectivity index is 3.02. The molecule has 0 bridgehead atoms. The summed E-state index contributed by atoms with van der Waals surface area (Å²) >= 11 is 0. The summed E-state index contributed by atoms with van der Waals surface area (Å²) in [7, 11) is 3.48.